The number of carbonyl (C=O) groups is 2. The fraction of sp³-hybridized carbons (Fsp3) is 0.348. The lowest BCUT2D eigenvalue weighted by Crippen LogP contribution is -2.42. The summed E-state index contributed by atoms with van der Waals surface area (Å²) in [4.78, 5) is 33.0. The molecule has 1 aromatic heterocycles. The number of nitrogens with zero attached hydrogens (tertiary/aromatic N) is 2. The minimum atomic E-state index is -1.02. The van der Waals surface area contributed by atoms with Crippen molar-refractivity contribution >= 4 is 33.4 Å². The van der Waals surface area contributed by atoms with Crippen molar-refractivity contribution in [3.63, 3.8) is 0 Å². The molecule has 1 aliphatic carbocycles. The molecule has 3 aliphatic rings. The molecule has 0 spiro atoms. The zero-order valence-corrected chi connectivity index (χ0v) is 17.9. The molecule has 1 saturated carbocycles. The first kappa shape index (κ1) is 19.4. The molecule has 3 heterocycles. The predicted octanol–water partition coefficient (Wildman–Crippen LogP) is 4.60. The molecular weight excluding hydrogens is 451 g/mol. The fourth-order valence-electron chi connectivity index (χ4n) is 4.68. The van der Waals surface area contributed by atoms with Crippen LogP contribution in [0.25, 0.3) is 0 Å². The topological polar surface area (TPSA) is 59.5 Å². The van der Waals surface area contributed by atoms with Gasteiger partial charge in [0.1, 0.15) is 18.1 Å². The summed E-state index contributed by atoms with van der Waals surface area (Å²) in [5.74, 6) is -0.547. The van der Waals surface area contributed by atoms with Gasteiger partial charge >= 0.3 is 0 Å². The lowest BCUT2D eigenvalue weighted by molar-refractivity contribution is -0.133. The molecule has 5 nitrogen and oxygen atoms in total. The number of carbonyl (C=O) groups excluding carboxylic acids is 2. The molecule has 0 saturated heterocycles. The predicted molar refractivity (Wildman–Crippen MR) is 112 cm³/mol. The van der Waals surface area contributed by atoms with Crippen molar-refractivity contribution in [2.45, 2.75) is 44.5 Å². The molecule has 2 aliphatic heterocycles. The van der Waals surface area contributed by atoms with Gasteiger partial charge in [0, 0.05) is 10.2 Å². The Hall–Kier alpha value is -2.54. The second kappa shape index (κ2) is 7.30. The van der Waals surface area contributed by atoms with E-state index in [1.54, 1.807) is 6.07 Å². The van der Waals surface area contributed by atoms with Gasteiger partial charge in [-0.3, -0.25) is 14.5 Å². The molecular formula is C23H20BrFN2O3. The quantitative estimate of drug-likeness (QED) is 0.643. The van der Waals surface area contributed by atoms with Gasteiger partial charge < -0.3 is 4.74 Å². The molecule has 7 heteroatoms. The van der Waals surface area contributed by atoms with E-state index in [0.29, 0.717) is 24.2 Å². The summed E-state index contributed by atoms with van der Waals surface area (Å²) in [6.07, 6.45) is -0.524. The number of pyridine rings is 1. The minimum absolute atomic E-state index is 0.0924. The zero-order valence-electron chi connectivity index (χ0n) is 16.3. The third-order valence-electron chi connectivity index (χ3n) is 6.09. The normalized spacial score (nSPS) is 28.3. The Morgan fingerprint density at radius 3 is 2.63 bits per heavy atom. The number of ketones is 1. The number of hydrogen-bond donors (Lipinski definition) is 0. The Labute approximate surface area is 182 Å². The van der Waals surface area contributed by atoms with E-state index in [4.69, 9.17) is 4.74 Å². The average molecular weight is 471 g/mol. The first-order valence-electron chi connectivity index (χ1n) is 10.1. The second-order valence-corrected chi connectivity index (χ2v) is 8.96. The molecule has 1 fully saturated rings. The van der Waals surface area contributed by atoms with Crippen molar-refractivity contribution in [3.8, 4) is 0 Å². The van der Waals surface area contributed by atoms with Crippen LogP contribution in [0.1, 0.15) is 36.6 Å². The highest BCUT2D eigenvalue weighted by atomic mass is 79.9. The molecule has 5 rings (SSSR count). The number of amides is 1. The van der Waals surface area contributed by atoms with Crippen LogP contribution >= 0.6 is 15.9 Å². The molecule has 154 valence electrons. The van der Waals surface area contributed by atoms with Crippen LogP contribution in [0.5, 0.6) is 0 Å². The summed E-state index contributed by atoms with van der Waals surface area (Å²) in [5, 5.41) is 0. The minimum Gasteiger partial charge on any atom is -0.483 e. The highest BCUT2D eigenvalue weighted by Crippen LogP contribution is 2.48. The third-order valence-corrected chi connectivity index (χ3v) is 6.62. The summed E-state index contributed by atoms with van der Waals surface area (Å²) in [5.41, 5.74) is 1.87. The highest BCUT2D eigenvalue weighted by molar-refractivity contribution is 9.10. The maximum absolute atomic E-state index is 14.1. The Morgan fingerprint density at radius 2 is 1.90 bits per heavy atom. The summed E-state index contributed by atoms with van der Waals surface area (Å²) < 4.78 is 21.0. The molecule has 0 bridgehead atoms. The number of ether oxygens (including phenoxy) is 1. The Balaban J connectivity index is 1.65. The van der Waals surface area contributed by atoms with Crippen molar-refractivity contribution in [3.05, 3.63) is 69.5 Å². The lowest BCUT2D eigenvalue weighted by Gasteiger charge is -2.36. The Kier molecular flexibility index (Phi) is 4.73. The van der Waals surface area contributed by atoms with Crippen molar-refractivity contribution in [1.29, 1.82) is 0 Å². The molecule has 0 radical (unpaired) electrons. The van der Waals surface area contributed by atoms with Gasteiger partial charge in [-0.25, -0.2) is 9.37 Å². The van der Waals surface area contributed by atoms with Crippen molar-refractivity contribution in [2.24, 2.45) is 5.92 Å². The van der Waals surface area contributed by atoms with Crippen LogP contribution in [-0.4, -0.2) is 29.0 Å². The highest BCUT2D eigenvalue weighted by Gasteiger charge is 2.53. The second-order valence-electron chi connectivity index (χ2n) is 8.05. The summed E-state index contributed by atoms with van der Waals surface area (Å²) in [7, 11) is 0. The van der Waals surface area contributed by atoms with Gasteiger partial charge in [0.05, 0.1) is 17.5 Å². The molecule has 4 unspecified atom stereocenters. The number of halogens is 2. The largest absolute Gasteiger partial charge is 0.483 e. The van der Waals surface area contributed by atoms with E-state index < -0.39 is 24.2 Å². The zero-order chi connectivity index (χ0) is 21.0. The first-order valence-corrected chi connectivity index (χ1v) is 10.8. The number of rotatable bonds is 2. The average Bonchev–Trinajstić information content (AvgIpc) is 3.02. The van der Waals surface area contributed by atoms with Gasteiger partial charge in [-0.1, -0.05) is 34.1 Å². The van der Waals surface area contributed by atoms with E-state index in [9.17, 15) is 14.0 Å². The van der Waals surface area contributed by atoms with Crippen LogP contribution in [0.15, 0.2) is 58.3 Å². The van der Waals surface area contributed by atoms with Crippen LogP contribution in [0, 0.1) is 12.8 Å². The standard InChI is InChI=1S/C23H20BrFN2O3/c1-12-3-2-4-18(26-12)27-20(13-5-7-14(24)8-6-13)19-21(28)16-11-15(25)9-10-17(16)30-22(19)23(27)29/h2-8,15-17,20H,9-11H2,1H3. The van der Waals surface area contributed by atoms with E-state index in [1.807, 2.05) is 43.3 Å². The fourth-order valence-corrected chi connectivity index (χ4v) is 4.94. The van der Waals surface area contributed by atoms with E-state index in [-0.39, 0.29) is 23.9 Å². The number of hydrogen-bond acceptors (Lipinski definition) is 4. The van der Waals surface area contributed by atoms with Gasteiger partial charge in [0.25, 0.3) is 5.91 Å². The van der Waals surface area contributed by atoms with Crippen LogP contribution in [0.2, 0.25) is 0 Å². The first-order chi connectivity index (χ1) is 14.4. The number of alkyl halides is 1. The monoisotopic (exact) mass is 470 g/mol. The summed E-state index contributed by atoms with van der Waals surface area (Å²) in [6, 6.07) is 12.3. The number of Topliss-reactive ketones (excluding diaryl/α,β-unsaturated/α-hetero) is 1. The number of benzene rings is 1. The molecule has 1 amide bonds. The number of aromatic nitrogens is 1. The van der Waals surface area contributed by atoms with Crippen molar-refractivity contribution < 1.29 is 18.7 Å². The molecule has 4 atom stereocenters. The summed E-state index contributed by atoms with van der Waals surface area (Å²) >= 11 is 3.43. The number of fused-ring (bicyclic) bond motifs is 1. The third kappa shape index (κ3) is 3.07. The van der Waals surface area contributed by atoms with Gasteiger partial charge in [-0.2, -0.15) is 0 Å². The Morgan fingerprint density at radius 1 is 1.13 bits per heavy atom. The van der Waals surface area contributed by atoms with Crippen LogP contribution < -0.4 is 4.90 Å². The maximum atomic E-state index is 14.1. The molecule has 30 heavy (non-hydrogen) atoms. The van der Waals surface area contributed by atoms with Gasteiger partial charge in [0.2, 0.25) is 0 Å². The molecule has 1 aromatic carbocycles. The van der Waals surface area contributed by atoms with Crippen molar-refractivity contribution in [2.75, 3.05) is 4.90 Å². The molecule has 2 aromatic rings. The van der Waals surface area contributed by atoms with Gasteiger partial charge in [0.15, 0.2) is 11.5 Å². The van der Waals surface area contributed by atoms with E-state index in [1.165, 1.54) is 4.90 Å². The van der Waals surface area contributed by atoms with E-state index in [2.05, 4.69) is 20.9 Å². The van der Waals surface area contributed by atoms with Crippen LogP contribution in [0.4, 0.5) is 10.2 Å². The maximum Gasteiger partial charge on any atom is 0.295 e. The Bertz CT molecular complexity index is 1070. The number of aryl methyl sites for hydroxylation is 1. The van der Waals surface area contributed by atoms with Crippen LogP contribution in [-0.2, 0) is 14.3 Å². The summed E-state index contributed by atoms with van der Waals surface area (Å²) in [6.45, 7) is 1.85. The SMILES string of the molecule is Cc1cccc(N2C(=O)C3=C(C(=O)C4CC(F)CCC4O3)C2c2ccc(Br)cc2)n1. The van der Waals surface area contributed by atoms with Crippen molar-refractivity contribution in [1.82, 2.24) is 4.98 Å². The molecule has 0 N–H and O–H groups in total. The van der Waals surface area contributed by atoms with E-state index >= 15 is 0 Å². The van der Waals surface area contributed by atoms with Gasteiger partial charge in [-0.05, 0) is 56.0 Å². The van der Waals surface area contributed by atoms with E-state index in [0.717, 1.165) is 15.7 Å². The van der Waals surface area contributed by atoms with Gasteiger partial charge in [-0.15, -0.1) is 0 Å². The number of anilines is 1. The van der Waals surface area contributed by atoms with Crippen LogP contribution in [0.3, 0.4) is 0 Å². The smallest absolute Gasteiger partial charge is 0.295 e. The lowest BCUT2D eigenvalue weighted by atomic mass is 9.77.